The fourth-order valence-electron chi connectivity index (χ4n) is 9.57. The number of amides is 5. The van der Waals surface area contributed by atoms with Crippen LogP contribution >= 0.6 is 0 Å². The monoisotopic (exact) mass is 2090 g/mol. The number of rotatable bonds is 18. The number of esters is 4. The Balaban J connectivity index is -0.000000155. The van der Waals surface area contributed by atoms with Gasteiger partial charge in [0.2, 0.25) is 5.91 Å². The molecule has 22 heteroatoms. The van der Waals surface area contributed by atoms with Gasteiger partial charge in [-0.15, -0.1) is 0 Å². The highest BCUT2D eigenvalue weighted by atomic mass is 16.5. The van der Waals surface area contributed by atoms with Crippen LogP contribution in [-0.2, 0) is 95.7 Å². The van der Waals surface area contributed by atoms with E-state index in [9.17, 15) is 67.1 Å². The third-order valence-electron chi connectivity index (χ3n) is 20.0. The Morgan fingerprint density at radius 2 is 0.533 bits per heavy atom. The summed E-state index contributed by atoms with van der Waals surface area (Å²) in [6.45, 7) is 95.4. The summed E-state index contributed by atoms with van der Waals surface area (Å²) in [5, 5.41) is 2.71. The first-order valence-corrected chi connectivity index (χ1v) is 51.8. The van der Waals surface area contributed by atoms with Crippen molar-refractivity contribution in [3.8, 4) is 0 Å². The van der Waals surface area contributed by atoms with E-state index in [4.69, 9.17) is 9.47 Å². The third kappa shape index (κ3) is 81.5. The minimum atomic E-state index is -0.417. The summed E-state index contributed by atoms with van der Waals surface area (Å²) in [6, 6.07) is 49.2. The van der Waals surface area contributed by atoms with Gasteiger partial charge in [-0.3, -0.25) is 52.8 Å². The fourth-order valence-corrected chi connectivity index (χ4v) is 9.57. The number of ether oxygens (including phenoxy) is 4. The molecule has 3 aliphatic heterocycles. The maximum Gasteiger partial charge on any atom is 0.333 e. The molecule has 150 heavy (non-hydrogen) atoms. The smallest absolute Gasteiger partial charge is 0.333 e. The summed E-state index contributed by atoms with van der Waals surface area (Å²) < 4.78 is 19.0. The van der Waals surface area contributed by atoms with Gasteiger partial charge < -0.3 is 34.1 Å². The highest BCUT2D eigenvalue weighted by molar-refractivity contribution is 6.12. The number of hydrogen-bond acceptors (Lipinski definition) is 18. The van der Waals surface area contributed by atoms with E-state index in [1.165, 1.54) is 60.9 Å². The second-order valence-corrected chi connectivity index (χ2v) is 40.8. The van der Waals surface area contributed by atoms with Crippen LogP contribution in [0.3, 0.4) is 0 Å². The molecule has 0 aliphatic carbocycles. The van der Waals surface area contributed by atoms with E-state index in [1.807, 2.05) is 384 Å². The van der Waals surface area contributed by atoms with Gasteiger partial charge in [-0.25, -0.2) is 19.2 Å². The quantitative estimate of drug-likeness (QED) is 0.0213. The van der Waals surface area contributed by atoms with Crippen molar-refractivity contribution in [1.29, 1.82) is 0 Å². The van der Waals surface area contributed by atoms with Crippen LogP contribution in [0.1, 0.15) is 369 Å². The van der Waals surface area contributed by atoms with Crippen molar-refractivity contribution < 1.29 is 86.1 Å². The number of allylic oxidation sites excluding steroid dienone is 6. The van der Waals surface area contributed by atoms with Crippen LogP contribution in [0, 0.1) is 37.9 Å². The van der Waals surface area contributed by atoms with Crippen LogP contribution in [0.5, 0.6) is 0 Å². The zero-order valence-electron chi connectivity index (χ0n) is 102. The average Bonchev–Trinajstić information content (AvgIpc) is 1.33. The molecule has 0 saturated carbocycles. The van der Waals surface area contributed by atoms with E-state index in [0.29, 0.717) is 78.1 Å². The molecule has 0 atom stereocenters. The molecule has 0 aromatic heterocycles. The summed E-state index contributed by atoms with van der Waals surface area (Å²) >= 11 is 0. The lowest BCUT2D eigenvalue weighted by Crippen LogP contribution is -2.37. The standard InChI is InChI=1S/C14H24O3.C13H23NO3.2C12H16O.2C11H14O.C11H16.2C7H12O2.2C6H7NO.C5H5NO2.6C2H6.CH4/c1-10(2)11(3)13(16)17-9-7-8-12(15)14(4,5)6;1-9(2)10(3)11(15)17-8-7-14-12(16)13(4,5)6;2*1-12(2,3)11(13)9-10-7-5-4-6-8-10;2*1-11(2,3)10(12)9-7-5-4-6-8-9;1-11(2,3)9-10-7-5-4-6-8-10;2*1-5(2)6(3)7(8)9-4;2*1-5-3-4-6(8)7(5)2;1-6-4(7)2-3-5(6)8;6*1-2;/h7-9H2,1-6H3;7-8H2,1-6H3,(H,14,16);2*4-8H,9H2,1-3H3;2*4-8H,1-3H3;4-8H,9H2,1-3H3;2*1-4H3;2*3-4H,1H2,2H3;2-3H,1H3;6*1-2H3;1H4. The number of ketones is 5. The Bertz CT molecular complexity index is 4580. The molecule has 5 aromatic carbocycles. The third-order valence-corrected chi connectivity index (χ3v) is 20.0. The largest absolute Gasteiger partial charge is 0.466 e. The van der Waals surface area contributed by atoms with Crippen molar-refractivity contribution in [3.63, 3.8) is 0 Å². The maximum atomic E-state index is 11.7. The SMILES string of the molecule is C.C=C1C=CC(=O)N1C.C=C1C=CC(=O)N1C.CC.CC.CC.CC.CC.CC.CC(C)(C)C(=O)Cc1ccccc1.CC(C)(C)C(=O)Cc1ccccc1.CC(C)(C)C(=O)c1ccccc1.CC(C)(C)C(=O)c1ccccc1.CC(C)(C)Cc1ccccc1.CC(C)=C(C)C(=O)OCCCC(=O)C(C)(C)C.CC(C)=C(C)C(=O)OCCNC(=O)C(C)(C)C.CN1C(=O)C=CC1=O.COC(=O)C(C)=C(C)C.COC(=O)C(C)=C(C)C. The normalized spacial score (nSPS) is 11.3. The van der Waals surface area contributed by atoms with Crippen molar-refractivity contribution in [3.05, 3.63) is 285 Å². The molecule has 0 bridgehead atoms. The zero-order valence-corrected chi connectivity index (χ0v) is 102. The van der Waals surface area contributed by atoms with E-state index in [2.05, 4.69) is 79.1 Å². The van der Waals surface area contributed by atoms with Crippen LogP contribution in [0.4, 0.5) is 0 Å². The predicted molar refractivity (Wildman–Crippen MR) is 631 cm³/mol. The van der Waals surface area contributed by atoms with E-state index < -0.39 is 5.41 Å². The number of Topliss-reactive ketones (excluding diaryl/α,β-unsaturated/α-hetero) is 5. The van der Waals surface area contributed by atoms with Gasteiger partial charge >= 0.3 is 23.9 Å². The van der Waals surface area contributed by atoms with Crippen LogP contribution in [0.2, 0.25) is 0 Å². The van der Waals surface area contributed by atoms with Crippen LogP contribution in [0.25, 0.3) is 0 Å². The van der Waals surface area contributed by atoms with Crippen LogP contribution in [-0.4, -0.2) is 152 Å². The number of nitrogens with one attached hydrogen (secondary N) is 1. The molecule has 5 amide bonds. The number of hydrogen-bond donors (Lipinski definition) is 1. The highest BCUT2D eigenvalue weighted by Crippen LogP contribution is 2.25. The van der Waals surface area contributed by atoms with Crippen molar-refractivity contribution >= 4 is 82.3 Å². The van der Waals surface area contributed by atoms with Crippen molar-refractivity contribution in [1.82, 2.24) is 20.0 Å². The number of methoxy groups -OCH3 is 2. The molecule has 1 N–H and O–H groups in total. The lowest BCUT2D eigenvalue weighted by Gasteiger charge is -2.17. The minimum Gasteiger partial charge on any atom is -0.466 e. The number of benzene rings is 5. The van der Waals surface area contributed by atoms with Gasteiger partial charge in [0, 0.05) is 142 Å². The lowest BCUT2D eigenvalue weighted by molar-refractivity contribution is -0.140. The molecule has 846 valence electrons. The summed E-state index contributed by atoms with van der Waals surface area (Å²) in [5.74, 6) is -0.424. The molecule has 0 saturated heterocycles. The highest BCUT2D eigenvalue weighted by Gasteiger charge is 2.27. The Morgan fingerprint density at radius 1 is 0.300 bits per heavy atom. The molecule has 3 aliphatic rings. The van der Waals surface area contributed by atoms with Gasteiger partial charge in [-0.05, 0) is 130 Å². The summed E-state index contributed by atoms with van der Waals surface area (Å²) in [6.07, 6.45) is 12.2. The van der Waals surface area contributed by atoms with Gasteiger partial charge in [-0.2, -0.15) is 0 Å². The first-order valence-electron chi connectivity index (χ1n) is 51.8. The molecule has 0 spiro atoms. The first kappa shape index (κ1) is 160. The molecule has 22 nitrogen and oxygen atoms in total. The molecular formula is C128H206N4O18. The summed E-state index contributed by atoms with van der Waals surface area (Å²) in [4.78, 5) is 160. The number of carbonyl (C=O) groups excluding carboxylic acids is 14. The maximum absolute atomic E-state index is 11.7. The fraction of sp³-hybridized carbons (Fsp3) is 0.516. The van der Waals surface area contributed by atoms with Gasteiger partial charge in [-0.1, -0.05) is 423 Å². The van der Waals surface area contributed by atoms with E-state index >= 15 is 0 Å². The van der Waals surface area contributed by atoms with Gasteiger partial charge in [0.15, 0.2) is 11.6 Å². The van der Waals surface area contributed by atoms with Gasteiger partial charge in [0.25, 0.3) is 23.6 Å². The topological polar surface area (TPSA) is 298 Å². The summed E-state index contributed by atoms with van der Waals surface area (Å²) in [7, 11) is 7.61. The lowest BCUT2D eigenvalue weighted by atomic mass is 9.87. The Labute approximate surface area is 912 Å². The average molecular weight is 2090 g/mol. The Hall–Kier alpha value is -12.5. The van der Waals surface area contributed by atoms with Crippen LogP contribution in [0.15, 0.2) is 257 Å². The molecule has 0 unspecified atom stereocenters. The minimum absolute atomic E-state index is 0. The predicted octanol–water partition coefficient (Wildman–Crippen LogP) is 30.5. The molecule has 0 radical (unpaired) electrons. The molecule has 5 aromatic rings. The molecular weight excluding hydrogens is 1880 g/mol. The van der Waals surface area contributed by atoms with Crippen molar-refractivity contribution in [2.45, 2.75) is 351 Å². The molecule has 0 fully saturated rings. The summed E-state index contributed by atoms with van der Waals surface area (Å²) in [5.41, 5.74) is 12.0. The Morgan fingerprint density at radius 3 is 0.720 bits per heavy atom. The van der Waals surface area contributed by atoms with E-state index in [0.717, 1.165) is 67.3 Å². The second kappa shape index (κ2) is 87.3. The van der Waals surface area contributed by atoms with Gasteiger partial charge in [0.1, 0.15) is 24.0 Å². The molecule has 3 heterocycles. The van der Waals surface area contributed by atoms with Gasteiger partial charge in [0.05, 0.1) is 27.4 Å². The number of imide groups is 1. The second-order valence-electron chi connectivity index (χ2n) is 40.8. The zero-order chi connectivity index (χ0) is 119. The van der Waals surface area contributed by atoms with Crippen molar-refractivity contribution in [2.75, 3.05) is 55.1 Å². The Kier molecular flexibility index (Phi) is 93.2. The number of likely N-dealkylation sites (N-methyl/N-ethyl adjacent to an activating group) is 3. The van der Waals surface area contributed by atoms with Crippen LogP contribution < -0.4 is 5.32 Å². The molecule has 8 rings (SSSR count). The first-order chi connectivity index (χ1) is 68.8. The van der Waals surface area contributed by atoms with E-state index in [1.54, 1.807) is 53.9 Å². The number of nitrogens with zero attached hydrogens (tertiary/aromatic N) is 3. The number of carbonyl (C=O) groups is 14. The van der Waals surface area contributed by atoms with E-state index in [-0.39, 0.29) is 112 Å². The van der Waals surface area contributed by atoms with Crippen molar-refractivity contribution in [2.24, 2.45) is 37.9 Å².